The molecule has 2 N–H and O–H groups in total. The molecule has 2 fully saturated rings. The summed E-state index contributed by atoms with van der Waals surface area (Å²) in [5.41, 5.74) is 0. The average molecular weight is 226 g/mol. The van der Waals surface area contributed by atoms with Crippen molar-refractivity contribution < 1.29 is 14.7 Å². The van der Waals surface area contributed by atoms with Gasteiger partial charge in [0.2, 0.25) is 5.91 Å². The molecule has 2 atom stereocenters. The minimum Gasteiger partial charge on any atom is -0.481 e. The second kappa shape index (κ2) is 4.41. The van der Waals surface area contributed by atoms with E-state index >= 15 is 0 Å². The predicted octanol–water partition coefficient (Wildman–Crippen LogP) is -0.0825. The average Bonchev–Trinajstić information content (AvgIpc) is 2.56. The monoisotopic (exact) mass is 226 g/mol. The molecule has 5 nitrogen and oxygen atoms in total. The Kier molecular flexibility index (Phi) is 3.14. The summed E-state index contributed by atoms with van der Waals surface area (Å²) < 4.78 is 0. The van der Waals surface area contributed by atoms with Crippen LogP contribution in [0.1, 0.15) is 19.8 Å². The van der Waals surface area contributed by atoms with Gasteiger partial charge in [0.15, 0.2) is 0 Å². The Balaban J connectivity index is 1.79. The molecular formula is C11H18N2O3. The van der Waals surface area contributed by atoms with Crippen LogP contribution < -0.4 is 5.32 Å². The Morgan fingerprint density at radius 2 is 2.12 bits per heavy atom. The minimum absolute atomic E-state index is 0.0887. The van der Waals surface area contributed by atoms with Gasteiger partial charge in [0.25, 0.3) is 0 Å². The standard InChI is InChI=1S/C11H18N2O3/c1-7-9(2-3-12-7)11(16)13-5-8(6-13)4-10(14)15/h7-9,12H,2-6H2,1H3,(H,14,15). The highest BCUT2D eigenvalue weighted by molar-refractivity contribution is 5.81. The highest BCUT2D eigenvalue weighted by Gasteiger charge is 2.38. The van der Waals surface area contributed by atoms with Crippen molar-refractivity contribution in [3.05, 3.63) is 0 Å². The van der Waals surface area contributed by atoms with Crippen molar-refractivity contribution in [1.82, 2.24) is 10.2 Å². The van der Waals surface area contributed by atoms with Gasteiger partial charge in [0.05, 0.1) is 12.3 Å². The molecule has 2 rings (SSSR count). The Labute approximate surface area is 94.8 Å². The number of hydrogen-bond donors (Lipinski definition) is 2. The number of carboxylic acid groups (broad SMARTS) is 1. The zero-order valence-corrected chi connectivity index (χ0v) is 9.48. The van der Waals surface area contributed by atoms with Gasteiger partial charge < -0.3 is 15.3 Å². The van der Waals surface area contributed by atoms with E-state index in [-0.39, 0.29) is 30.2 Å². The highest BCUT2D eigenvalue weighted by atomic mass is 16.4. The quantitative estimate of drug-likeness (QED) is 0.706. The Hall–Kier alpha value is -1.10. The van der Waals surface area contributed by atoms with Crippen LogP contribution in [0, 0.1) is 11.8 Å². The van der Waals surface area contributed by atoms with Gasteiger partial charge in [-0.25, -0.2) is 0 Å². The zero-order chi connectivity index (χ0) is 11.7. The van der Waals surface area contributed by atoms with E-state index in [4.69, 9.17) is 5.11 Å². The smallest absolute Gasteiger partial charge is 0.303 e. The van der Waals surface area contributed by atoms with Crippen LogP contribution in [0.25, 0.3) is 0 Å². The second-order valence-corrected chi connectivity index (χ2v) is 4.85. The molecule has 0 aromatic carbocycles. The van der Waals surface area contributed by atoms with Gasteiger partial charge in [-0.15, -0.1) is 0 Å². The molecule has 2 unspecified atom stereocenters. The summed E-state index contributed by atoms with van der Waals surface area (Å²) >= 11 is 0. The van der Waals surface area contributed by atoms with E-state index in [0.717, 1.165) is 13.0 Å². The number of hydrogen-bond acceptors (Lipinski definition) is 3. The minimum atomic E-state index is -0.770. The van der Waals surface area contributed by atoms with Gasteiger partial charge in [-0.3, -0.25) is 9.59 Å². The van der Waals surface area contributed by atoms with Crippen LogP contribution in [0.2, 0.25) is 0 Å². The Bertz CT molecular complexity index is 300. The third-order valence-corrected chi connectivity index (χ3v) is 3.57. The number of likely N-dealkylation sites (tertiary alicyclic amines) is 1. The van der Waals surface area contributed by atoms with E-state index in [1.165, 1.54) is 0 Å². The lowest BCUT2D eigenvalue weighted by Gasteiger charge is -2.40. The zero-order valence-electron chi connectivity index (χ0n) is 9.48. The van der Waals surface area contributed by atoms with Crippen LogP contribution in [-0.4, -0.2) is 47.6 Å². The van der Waals surface area contributed by atoms with Gasteiger partial charge in [0.1, 0.15) is 0 Å². The van der Waals surface area contributed by atoms with Crippen molar-refractivity contribution in [2.75, 3.05) is 19.6 Å². The van der Waals surface area contributed by atoms with Gasteiger partial charge in [-0.2, -0.15) is 0 Å². The van der Waals surface area contributed by atoms with Gasteiger partial charge in [0, 0.05) is 25.0 Å². The third kappa shape index (κ3) is 2.19. The molecule has 5 heteroatoms. The Morgan fingerprint density at radius 3 is 2.62 bits per heavy atom. The summed E-state index contributed by atoms with van der Waals surface area (Å²) in [6.07, 6.45) is 1.09. The number of rotatable bonds is 3. The lowest BCUT2D eigenvalue weighted by atomic mass is 9.92. The summed E-state index contributed by atoms with van der Waals surface area (Å²) in [5, 5.41) is 11.9. The van der Waals surface area contributed by atoms with E-state index in [1.54, 1.807) is 4.90 Å². The fourth-order valence-corrected chi connectivity index (χ4v) is 2.56. The number of aliphatic carboxylic acids is 1. The molecule has 2 saturated heterocycles. The van der Waals surface area contributed by atoms with E-state index < -0.39 is 5.97 Å². The number of amides is 1. The second-order valence-electron chi connectivity index (χ2n) is 4.85. The first-order chi connectivity index (χ1) is 7.58. The van der Waals surface area contributed by atoms with Gasteiger partial charge in [-0.05, 0) is 19.9 Å². The van der Waals surface area contributed by atoms with Crippen molar-refractivity contribution >= 4 is 11.9 Å². The van der Waals surface area contributed by atoms with Crippen molar-refractivity contribution in [3.8, 4) is 0 Å². The maximum Gasteiger partial charge on any atom is 0.303 e. The number of nitrogens with one attached hydrogen (secondary N) is 1. The lowest BCUT2D eigenvalue weighted by Crippen LogP contribution is -2.53. The summed E-state index contributed by atoms with van der Waals surface area (Å²) in [6.45, 7) is 4.18. The van der Waals surface area contributed by atoms with E-state index in [0.29, 0.717) is 13.1 Å². The number of nitrogens with zero attached hydrogens (tertiary/aromatic N) is 1. The molecule has 0 spiro atoms. The molecule has 0 radical (unpaired) electrons. The van der Waals surface area contributed by atoms with Crippen molar-refractivity contribution in [1.29, 1.82) is 0 Å². The molecule has 0 aromatic heterocycles. The summed E-state index contributed by atoms with van der Waals surface area (Å²) in [6, 6.07) is 0.256. The molecule has 90 valence electrons. The number of carboxylic acids is 1. The first-order valence-corrected chi connectivity index (χ1v) is 5.82. The topological polar surface area (TPSA) is 69.6 Å². The highest BCUT2D eigenvalue weighted by Crippen LogP contribution is 2.25. The molecule has 16 heavy (non-hydrogen) atoms. The SMILES string of the molecule is CC1NCCC1C(=O)N1CC(CC(=O)O)C1. The van der Waals surface area contributed by atoms with Crippen molar-refractivity contribution in [3.63, 3.8) is 0 Å². The first-order valence-electron chi connectivity index (χ1n) is 5.82. The summed E-state index contributed by atoms with van der Waals surface area (Å²) in [7, 11) is 0. The first kappa shape index (κ1) is 11.4. The maximum atomic E-state index is 12.0. The predicted molar refractivity (Wildman–Crippen MR) is 57.9 cm³/mol. The summed E-state index contributed by atoms with van der Waals surface area (Å²) in [5.74, 6) is -0.330. The molecule has 0 aromatic rings. The molecule has 2 aliphatic rings. The van der Waals surface area contributed by atoms with Gasteiger partial charge >= 0.3 is 5.97 Å². The van der Waals surface area contributed by atoms with Crippen LogP contribution in [-0.2, 0) is 9.59 Å². The molecule has 2 heterocycles. The van der Waals surface area contributed by atoms with Gasteiger partial charge in [-0.1, -0.05) is 0 Å². The molecule has 1 amide bonds. The largest absolute Gasteiger partial charge is 0.481 e. The fraction of sp³-hybridized carbons (Fsp3) is 0.818. The van der Waals surface area contributed by atoms with Crippen LogP contribution in [0.4, 0.5) is 0 Å². The van der Waals surface area contributed by atoms with Crippen LogP contribution in [0.5, 0.6) is 0 Å². The van der Waals surface area contributed by atoms with Crippen molar-refractivity contribution in [2.45, 2.75) is 25.8 Å². The molecule has 2 aliphatic heterocycles. The molecule has 0 saturated carbocycles. The van der Waals surface area contributed by atoms with E-state index in [1.807, 2.05) is 6.92 Å². The summed E-state index contributed by atoms with van der Waals surface area (Å²) in [4.78, 5) is 24.3. The Morgan fingerprint density at radius 1 is 1.44 bits per heavy atom. The van der Waals surface area contributed by atoms with Crippen LogP contribution >= 0.6 is 0 Å². The fourth-order valence-electron chi connectivity index (χ4n) is 2.56. The number of carbonyl (C=O) groups is 2. The normalized spacial score (nSPS) is 30.2. The van der Waals surface area contributed by atoms with E-state index in [2.05, 4.69) is 5.32 Å². The van der Waals surface area contributed by atoms with E-state index in [9.17, 15) is 9.59 Å². The molecule has 0 aliphatic carbocycles. The maximum absolute atomic E-state index is 12.0. The van der Waals surface area contributed by atoms with Crippen LogP contribution in [0.15, 0.2) is 0 Å². The van der Waals surface area contributed by atoms with Crippen molar-refractivity contribution in [2.24, 2.45) is 11.8 Å². The lowest BCUT2D eigenvalue weighted by molar-refractivity contribution is -0.147. The van der Waals surface area contributed by atoms with Crippen LogP contribution in [0.3, 0.4) is 0 Å². The third-order valence-electron chi connectivity index (χ3n) is 3.57. The molecule has 0 bridgehead atoms. The number of carbonyl (C=O) groups excluding carboxylic acids is 1. The molecular weight excluding hydrogens is 208 g/mol.